The van der Waals surface area contributed by atoms with Crippen molar-refractivity contribution in [1.29, 1.82) is 0 Å². The highest BCUT2D eigenvalue weighted by Crippen LogP contribution is 2.23. The third-order valence-electron chi connectivity index (χ3n) is 4.28. The van der Waals surface area contributed by atoms with Gasteiger partial charge in [-0.15, -0.1) is 11.3 Å². The zero-order valence-electron chi connectivity index (χ0n) is 15.5. The molecule has 0 spiro atoms. The van der Waals surface area contributed by atoms with Gasteiger partial charge in [0.15, 0.2) is 4.96 Å². The average Bonchev–Trinajstić information content (AvgIpc) is 3.30. The van der Waals surface area contributed by atoms with Crippen molar-refractivity contribution in [2.75, 3.05) is 11.9 Å². The van der Waals surface area contributed by atoms with Crippen molar-refractivity contribution < 1.29 is 22.7 Å². The van der Waals surface area contributed by atoms with Crippen LogP contribution in [-0.4, -0.2) is 28.1 Å². The predicted molar refractivity (Wildman–Crippen MR) is 109 cm³/mol. The fourth-order valence-electron chi connectivity index (χ4n) is 2.83. The maximum absolute atomic E-state index is 12.4. The Labute approximate surface area is 173 Å². The molecule has 30 heavy (non-hydrogen) atoms. The summed E-state index contributed by atoms with van der Waals surface area (Å²) in [5, 5.41) is 4.76. The molecule has 2 heterocycles. The van der Waals surface area contributed by atoms with Crippen LogP contribution in [0.2, 0.25) is 0 Å². The van der Waals surface area contributed by atoms with Crippen molar-refractivity contribution in [3.05, 3.63) is 77.4 Å². The van der Waals surface area contributed by atoms with Gasteiger partial charge in [-0.2, -0.15) is 13.2 Å². The lowest BCUT2D eigenvalue weighted by Crippen LogP contribution is -2.16. The number of halogens is 3. The third-order valence-corrected chi connectivity index (χ3v) is 5.05. The molecule has 0 aliphatic rings. The van der Waals surface area contributed by atoms with Crippen molar-refractivity contribution in [3.8, 4) is 11.3 Å². The molecule has 0 fully saturated rings. The lowest BCUT2D eigenvalue weighted by molar-refractivity contribution is -0.176. The van der Waals surface area contributed by atoms with E-state index in [0.29, 0.717) is 16.8 Å². The van der Waals surface area contributed by atoms with Gasteiger partial charge in [0.05, 0.1) is 12.3 Å². The number of carbonyl (C=O) groups is 1. The lowest BCUT2D eigenvalue weighted by Gasteiger charge is -2.09. The quantitative estimate of drug-likeness (QED) is 0.445. The Hall–Kier alpha value is -3.17. The SMILES string of the molecule is O=C(Nc1ccc(-c2cn3ccsc3n2)cc1)c1ccc(COCC(F)(F)F)cc1. The van der Waals surface area contributed by atoms with Crippen LogP contribution >= 0.6 is 11.3 Å². The van der Waals surface area contributed by atoms with Crippen LogP contribution in [0.5, 0.6) is 0 Å². The number of aromatic nitrogens is 2. The minimum absolute atomic E-state index is 0.172. The molecule has 0 saturated heterocycles. The maximum Gasteiger partial charge on any atom is 0.411 e. The molecule has 2 aromatic heterocycles. The highest BCUT2D eigenvalue weighted by atomic mass is 32.1. The second kappa shape index (κ2) is 8.29. The number of benzene rings is 2. The fraction of sp³-hybridized carbons (Fsp3) is 0.143. The van der Waals surface area contributed by atoms with Crippen LogP contribution in [0.4, 0.5) is 18.9 Å². The van der Waals surface area contributed by atoms with E-state index >= 15 is 0 Å². The third kappa shape index (κ3) is 4.87. The summed E-state index contributed by atoms with van der Waals surface area (Å²) in [6, 6.07) is 13.6. The molecular formula is C21H16F3N3O2S. The summed E-state index contributed by atoms with van der Waals surface area (Å²) < 4.78 is 42.9. The molecule has 0 radical (unpaired) electrons. The highest BCUT2D eigenvalue weighted by molar-refractivity contribution is 7.15. The van der Waals surface area contributed by atoms with E-state index in [1.54, 1.807) is 47.7 Å². The number of alkyl halides is 3. The van der Waals surface area contributed by atoms with Crippen LogP contribution in [0, 0.1) is 0 Å². The standard InChI is InChI=1S/C21H16F3N3O2S/c22-21(23,24)13-29-12-14-1-3-16(4-2-14)19(28)25-17-7-5-15(6-8-17)18-11-27-9-10-30-20(27)26-18/h1-11H,12-13H2,(H,25,28). The first-order chi connectivity index (χ1) is 14.4. The van der Waals surface area contributed by atoms with Gasteiger partial charge in [-0.05, 0) is 29.8 Å². The van der Waals surface area contributed by atoms with Gasteiger partial charge in [0, 0.05) is 34.6 Å². The monoisotopic (exact) mass is 431 g/mol. The molecule has 0 aliphatic carbocycles. The molecule has 4 aromatic rings. The zero-order chi connectivity index (χ0) is 21.1. The molecule has 2 aromatic carbocycles. The van der Waals surface area contributed by atoms with Crippen molar-refractivity contribution in [2.24, 2.45) is 0 Å². The molecule has 0 atom stereocenters. The van der Waals surface area contributed by atoms with Crippen LogP contribution in [0.1, 0.15) is 15.9 Å². The average molecular weight is 431 g/mol. The second-order valence-electron chi connectivity index (χ2n) is 6.56. The minimum atomic E-state index is -4.36. The number of anilines is 1. The molecule has 0 aliphatic heterocycles. The van der Waals surface area contributed by atoms with Crippen LogP contribution in [0.25, 0.3) is 16.2 Å². The first kappa shape index (κ1) is 20.1. The molecule has 0 unspecified atom stereocenters. The smallest absolute Gasteiger partial charge is 0.367 e. The number of hydrogen-bond donors (Lipinski definition) is 1. The van der Waals surface area contributed by atoms with E-state index in [1.165, 1.54) is 0 Å². The maximum atomic E-state index is 12.4. The normalized spacial score (nSPS) is 11.7. The number of nitrogens with one attached hydrogen (secondary N) is 1. The summed E-state index contributed by atoms with van der Waals surface area (Å²) in [6.45, 7) is -1.48. The molecule has 1 amide bonds. The summed E-state index contributed by atoms with van der Waals surface area (Å²) in [5.41, 5.74) is 3.37. The highest BCUT2D eigenvalue weighted by Gasteiger charge is 2.27. The Morgan fingerprint density at radius 3 is 2.50 bits per heavy atom. The number of imidazole rings is 1. The van der Waals surface area contributed by atoms with Crippen LogP contribution in [0.3, 0.4) is 0 Å². The largest absolute Gasteiger partial charge is 0.411 e. The van der Waals surface area contributed by atoms with Gasteiger partial charge in [-0.25, -0.2) is 4.98 Å². The van der Waals surface area contributed by atoms with Gasteiger partial charge in [0.2, 0.25) is 0 Å². The zero-order valence-corrected chi connectivity index (χ0v) is 16.3. The molecule has 5 nitrogen and oxygen atoms in total. The molecule has 0 saturated carbocycles. The van der Waals surface area contributed by atoms with E-state index in [2.05, 4.69) is 15.0 Å². The van der Waals surface area contributed by atoms with Crippen LogP contribution in [-0.2, 0) is 11.3 Å². The minimum Gasteiger partial charge on any atom is -0.367 e. The van der Waals surface area contributed by atoms with E-state index in [0.717, 1.165) is 16.2 Å². The lowest BCUT2D eigenvalue weighted by atomic mass is 10.1. The summed E-state index contributed by atoms with van der Waals surface area (Å²) in [4.78, 5) is 17.9. The Bertz CT molecular complexity index is 1120. The number of thiazole rings is 1. The Kier molecular flexibility index (Phi) is 5.56. The molecule has 1 N–H and O–H groups in total. The van der Waals surface area contributed by atoms with Gasteiger partial charge in [-0.3, -0.25) is 9.20 Å². The van der Waals surface area contributed by atoms with Gasteiger partial charge in [0.25, 0.3) is 5.91 Å². The van der Waals surface area contributed by atoms with Crippen LogP contribution in [0.15, 0.2) is 66.3 Å². The summed E-state index contributed by atoms with van der Waals surface area (Å²) in [7, 11) is 0. The van der Waals surface area contributed by atoms with Crippen LogP contribution < -0.4 is 5.32 Å². The van der Waals surface area contributed by atoms with E-state index in [1.807, 2.05) is 34.3 Å². The number of amides is 1. The number of ether oxygens (including phenoxy) is 1. The van der Waals surface area contributed by atoms with Crippen molar-refractivity contribution in [2.45, 2.75) is 12.8 Å². The summed E-state index contributed by atoms with van der Waals surface area (Å²) in [5.74, 6) is -0.312. The van der Waals surface area contributed by atoms with Gasteiger partial charge >= 0.3 is 6.18 Å². The summed E-state index contributed by atoms with van der Waals surface area (Å²) in [6.07, 6.45) is -0.471. The second-order valence-corrected chi connectivity index (χ2v) is 7.43. The van der Waals surface area contributed by atoms with Gasteiger partial charge in [0.1, 0.15) is 6.61 Å². The number of fused-ring (bicyclic) bond motifs is 1. The number of rotatable bonds is 6. The molecule has 0 bridgehead atoms. The molecule has 9 heteroatoms. The van der Waals surface area contributed by atoms with Gasteiger partial charge in [-0.1, -0.05) is 24.3 Å². The molecule has 4 rings (SSSR count). The first-order valence-corrected chi connectivity index (χ1v) is 9.83. The van der Waals surface area contributed by atoms with Crippen molar-refractivity contribution >= 4 is 27.9 Å². The molecule has 154 valence electrons. The van der Waals surface area contributed by atoms with Crippen molar-refractivity contribution in [1.82, 2.24) is 9.38 Å². The molecular weight excluding hydrogens is 415 g/mol. The van der Waals surface area contributed by atoms with E-state index in [-0.39, 0.29) is 12.5 Å². The fourth-order valence-corrected chi connectivity index (χ4v) is 3.53. The number of nitrogens with zero attached hydrogens (tertiary/aromatic N) is 2. The Morgan fingerprint density at radius 2 is 1.83 bits per heavy atom. The summed E-state index contributed by atoms with van der Waals surface area (Å²) >= 11 is 1.56. The number of carbonyl (C=O) groups excluding carboxylic acids is 1. The number of hydrogen-bond acceptors (Lipinski definition) is 4. The van der Waals surface area contributed by atoms with E-state index in [4.69, 9.17) is 0 Å². The van der Waals surface area contributed by atoms with Gasteiger partial charge < -0.3 is 10.1 Å². The predicted octanol–water partition coefficient (Wildman–Crippen LogP) is 5.39. The topological polar surface area (TPSA) is 55.6 Å². The van der Waals surface area contributed by atoms with Crippen molar-refractivity contribution in [3.63, 3.8) is 0 Å². The van der Waals surface area contributed by atoms with E-state index < -0.39 is 12.8 Å². The Morgan fingerprint density at radius 1 is 1.10 bits per heavy atom. The Balaban J connectivity index is 1.35. The first-order valence-electron chi connectivity index (χ1n) is 8.95. The van der Waals surface area contributed by atoms with E-state index in [9.17, 15) is 18.0 Å².